The summed E-state index contributed by atoms with van der Waals surface area (Å²) in [6.07, 6.45) is 17.1. The Labute approximate surface area is 768 Å². The Morgan fingerprint density at radius 3 is 0.358 bits per heavy atom. The van der Waals surface area contributed by atoms with E-state index in [0.717, 1.165) is 52.4 Å². The maximum Gasteiger partial charge on any atom is 0.298 e. The van der Waals surface area contributed by atoms with Crippen LogP contribution in [0, 0.1) is 0 Å². The molecule has 0 aliphatic carbocycles. The van der Waals surface area contributed by atoms with E-state index in [0.29, 0.717) is 0 Å². The van der Waals surface area contributed by atoms with Gasteiger partial charge in [-0.3, -0.25) is 0 Å². The van der Waals surface area contributed by atoms with Crippen molar-refractivity contribution in [3.05, 3.63) is 194 Å². The third kappa shape index (κ3) is 32.0. The topological polar surface area (TPSA) is 216 Å². The summed E-state index contributed by atoms with van der Waals surface area (Å²) in [4.78, 5) is 0. The van der Waals surface area contributed by atoms with Crippen LogP contribution in [0.1, 0.15) is 55.4 Å². The van der Waals surface area contributed by atoms with Crippen LogP contribution in [0.4, 0.5) is 17.3 Å². The largest absolute Gasteiger partial charge is 0.867 e. The number of aryl methyl sites for hydroxylation is 8. The lowest BCUT2D eigenvalue weighted by atomic mass is 10.3. The minimum atomic E-state index is -3.17. The molecule has 0 atom stereocenters. The predicted molar refractivity (Wildman–Crippen MR) is 503 cm³/mol. The smallest absolute Gasteiger partial charge is 0.298 e. The van der Waals surface area contributed by atoms with Crippen LogP contribution in [0.3, 0.4) is 0 Å². The molecule has 0 fully saturated rings. The highest BCUT2D eigenvalue weighted by Gasteiger charge is 2.24. The molecule has 0 radical (unpaired) electrons. The van der Waals surface area contributed by atoms with E-state index in [-0.39, 0.29) is 0 Å². The Bertz CT molecular complexity index is 4630. The molecule has 0 bridgehead atoms. The summed E-state index contributed by atoms with van der Waals surface area (Å²) in [5.74, 6) is 0. The lowest BCUT2D eigenvalue weighted by Crippen LogP contribution is -2.39. The average molecular weight is 1930 g/mol. The number of rotatable bonds is 16. The van der Waals surface area contributed by atoms with Crippen LogP contribution in [0.25, 0.3) is 81.7 Å². The first-order valence-electron chi connectivity index (χ1n) is 37.3. The molecule has 8 aromatic carbocycles. The fourth-order valence-electron chi connectivity index (χ4n) is 11.7. The molecule has 40 heteroatoms. The molecule has 16 nitrogen and oxygen atoms in total. The molecule has 0 saturated heterocycles. The molecule has 16 aromatic rings. The number of halogens is 4. The SMILES string of the molecule is CC[n+]1c(SC)sc2ccccc21.CC[n+]1c(SC)sc2ccccc21.CC[n+]1c(SC)sc2ccccc21.CC[n+]1c(SC)sc2ccccc21.CC[n+]1c(SC)sc2ccccc21.CC[n+]1c(SC)sc2ccccc21.CC[n+]1c(SC)sc2ccccc21.CC[n+]1c(SC)sc2ccccc21.[O-]B([O-])F.[O-]B([O-])F.[O-]B([O-])F.[O-]B([O-])F. The summed E-state index contributed by atoms with van der Waals surface area (Å²) >= 11 is 29.6. The summed E-state index contributed by atoms with van der Waals surface area (Å²) in [6, 6.07) is 68.6. The van der Waals surface area contributed by atoms with Gasteiger partial charge in [-0.2, -0.15) is 36.5 Å². The molecule has 0 aliphatic rings. The van der Waals surface area contributed by atoms with Crippen molar-refractivity contribution in [3.8, 4) is 0 Å². The summed E-state index contributed by atoms with van der Waals surface area (Å²) in [6.45, 7) is 26.0. The van der Waals surface area contributed by atoms with Gasteiger partial charge in [0.25, 0.3) is 34.7 Å². The van der Waals surface area contributed by atoms with Crippen LogP contribution in [-0.2, 0) is 52.4 Å². The zero-order valence-electron chi connectivity index (χ0n) is 69.3. The van der Waals surface area contributed by atoms with Crippen LogP contribution < -0.4 is 76.7 Å². The van der Waals surface area contributed by atoms with Gasteiger partial charge in [-0.15, -0.1) is 0 Å². The highest BCUT2D eigenvalue weighted by molar-refractivity contribution is 8.02. The average Bonchev–Trinajstić information content (AvgIpc) is 1.73. The molecule has 0 N–H and O–H groups in total. The van der Waals surface area contributed by atoms with Gasteiger partial charge in [0.15, 0.2) is 0 Å². The maximum absolute atomic E-state index is 9.89. The lowest BCUT2D eigenvalue weighted by Gasteiger charge is -2.09. The van der Waals surface area contributed by atoms with Crippen molar-refractivity contribution >= 4 is 296 Å². The number of nitrogens with zero attached hydrogens (tertiary/aromatic N) is 8. The first-order valence-corrected chi connectivity index (χ1v) is 53.6. The molecular formula is C80H96B4F4N8O8S16. The Hall–Kier alpha value is -4.66. The van der Waals surface area contributed by atoms with E-state index in [2.05, 4.69) is 336 Å². The third-order valence-corrected chi connectivity index (χ3v) is 34.8. The lowest BCUT2D eigenvalue weighted by molar-refractivity contribution is -0.698. The van der Waals surface area contributed by atoms with Crippen molar-refractivity contribution in [2.45, 2.75) is 142 Å². The van der Waals surface area contributed by atoms with Crippen LogP contribution in [0.2, 0.25) is 0 Å². The van der Waals surface area contributed by atoms with E-state index < -0.39 is 29.6 Å². The quantitative estimate of drug-likeness (QED) is 0.0380. The minimum Gasteiger partial charge on any atom is -0.867 e. The van der Waals surface area contributed by atoms with Gasteiger partial charge in [0, 0.05) is 48.5 Å². The zero-order valence-corrected chi connectivity index (χ0v) is 82.4. The van der Waals surface area contributed by atoms with Gasteiger partial charge in [0.2, 0.25) is 44.1 Å². The molecule has 8 heterocycles. The van der Waals surface area contributed by atoms with Crippen molar-refractivity contribution in [1.82, 2.24) is 0 Å². The predicted octanol–water partition coefficient (Wildman–Crippen LogP) is 14.1. The van der Waals surface area contributed by atoms with Gasteiger partial charge in [-0.05, 0) is 248 Å². The molecule has 640 valence electrons. The van der Waals surface area contributed by atoms with E-state index in [9.17, 15) is 17.3 Å². The first kappa shape index (κ1) is 106. The second-order valence-corrected chi connectivity index (χ2v) is 40.0. The fourth-order valence-corrected chi connectivity index (χ4v) is 27.8. The van der Waals surface area contributed by atoms with Gasteiger partial charge >= 0.3 is 0 Å². The highest BCUT2D eigenvalue weighted by Crippen LogP contribution is 2.33. The molecule has 8 aromatic heterocycles. The zero-order chi connectivity index (χ0) is 88.4. The molecule has 16 rings (SSSR count). The van der Waals surface area contributed by atoms with Crippen molar-refractivity contribution < 1.29 is 94.0 Å². The Morgan fingerprint density at radius 2 is 0.283 bits per heavy atom. The van der Waals surface area contributed by atoms with Gasteiger partial charge in [-0.1, -0.05) is 188 Å². The van der Waals surface area contributed by atoms with Crippen LogP contribution in [-0.4, -0.2) is 79.6 Å². The summed E-state index contributed by atoms with van der Waals surface area (Å²) in [7, 11) is -12.7. The Kier molecular flexibility index (Phi) is 51.0. The molecule has 0 unspecified atom stereocenters. The number of benzene rings is 8. The first-order chi connectivity index (χ1) is 57.8. The fraction of sp³-hybridized carbons (Fsp3) is 0.300. The second-order valence-electron chi connectivity index (χ2n) is 23.4. The van der Waals surface area contributed by atoms with E-state index in [4.69, 9.17) is 40.2 Å². The number of thiazole rings is 8. The monoisotopic (exact) mass is 1930 g/mol. The van der Waals surface area contributed by atoms with Crippen LogP contribution >= 0.6 is 185 Å². The Morgan fingerprint density at radius 1 is 0.200 bits per heavy atom. The van der Waals surface area contributed by atoms with E-state index in [1.54, 1.807) is 0 Å². The summed E-state index contributed by atoms with van der Waals surface area (Å²) in [5, 5.41) is 66.4. The van der Waals surface area contributed by atoms with Crippen molar-refractivity contribution in [3.63, 3.8) is 0 Å². The molecular weight excluding hydrogens is 1830 g/mol. The van der Waals surface area contributed by atoms with Gasteiger partial charge in [0.1, 0.15) is 120 Å². The van der Waals surface area contributed by atoms with E-state index in [1.807, 2.05) is 185 Å². The summed E-state index contributed by atoms with van der Waals surface area (Å²) in [5.41, 5.74) is 10.9. The van der Waals surface area contributed by atoms with Crippen LogP contribution in [0.5, 0.6) is 0 Å². The molecule has 120 heavy (non-hydrogen) atoms. The number of para-hydroxylation sites is 8. The normalized spacial score (nSPS) is 10.4. The van der Waals surface area contributed by atoms with Gasteiger partial charge in [-0.25, -0.2) is 0 Å². The molecule has 0 aliphatic heterocycles. The minimum absolute atomic E-state index is 1.06. The van der Waals surface area contributed by atoms with Gasteiger partial charge in [0.05, 0.1) is 0 Å². The van der Waals surface area contributed by atoms with E-state index in [1.165, 1.54) is 116 Å². The van der Waals surface area contributed by atoms with E-state index >= 15 is 0 Å². The summed E-state index contributed by atoms with van der Waals surface area (Å²) < 4.78 is 80.7. The third-order valence-electron chi connectivity index (χ3n) is 16.5. The molecule has 0 spiro atoms. The van der Waals surface area contributed by atoms with Crippen LogP contribution in [0.15, 0.2) is 229 Å². The van der Waals surface area contributed by atoms with Gasteiger partial charge < -0.3 is 57.5 Å². The standard InChI is InChI=1S/8C10H12NS2.4BFO2/c8*1-3-11-8-6-4-5-7-9(8)13-10(11)12-2;4*2-1(3)4/h8*4-7H,3H2,1-2H3;;;;/q8*+1;4*-2. The number of thioether (sulfide) groups is 8. The number of hydrogen-bond donors (Lipinski definition) is 0. The second kappa shape index (κ2) is 57.9. The Balaban J connectivity index is 0.000000238. The number of aromatic nitrogens is 8. The molecule has 0 amide bonds. The number of hydrogen-bond acceptors (Lipinski definition) is 24. The van der Waals surface area contributed by atoms with Crippen molar-refractivity contribution in [2.75, 3.05) is 50.0 Å². The maximum atomic E-state index is 9.89. The highest BCUT2D eigenvalue weighted by atomic mass is 32.2. The molecule has 0 saturated carbocycles. The van der Waals surface area contributed by atoms with Crippen molar-refractivity contribution in [1.29, 1.82) is 0 Å². The van der Waals surface area contributed by atoms with Crippen molar-refractivity contribution in [2.24, 2.45) is 0 Å². The number of fused-ring (bicyclic) bond motifs is 8.